The van der Waals surface area contributed by atoms with E-state index in [1.54, 1.807) is 6.20 Å². The van der Waals surface area contributed by atoms with Crippen molar-refractivity contribution in [2.24, 2.45) is 5.73 Å². The van der Waals surface area contributed by atoms with Crippen LogP contribution in [0.5, 0.6) is 5.75 Å². The summed E-state index contributed by atoms with van der Waals surface area (Å²) in [5.74, 6) is 0.0698. The van der Waals surface area contributed by atoms with Crippen LogP contribution in [-0.4, -0.2) is 26.7 Å². The van der Waals surface area contributed by atoms with Crippen molar-refractivity contribution >= 4 is 34.0 Å². The summed E-state index contributed by atoms with van der Waals surface area (Å²) < 4.78 is 5.97. The number of hydrogen-bond acceptors (Lipinski definition) is 6. The van der Waals surface area contributed by atoms with E-state index < -0.39 is 11.5 Å². The number of ether oxygens (including phenoxy) is 1. The van der Waals surface area contributed by atoms with Crippen molar-refractivity contribution in [1.29, 1.82) is 0 Å². The van der Waals surface area contributed by atoms with Gasteiger partial charge in [0.05, 0.1) is 17.1 Å². The van der Waals surface area contributed by atoms with Gasteiger partial charge >= 0.3 is 0 Å². The molecule has 3 heterocycles. The molecule has 3 aromatic rings. The van der Waals surface area contributed by atoms with E-state index in [4.69, 9.17) is 10.5 Å². The summed E-state index contributed by atoms with van der Waals surface area (Å²) in [4.78, 5) is 14.7. The third-order valence-corrected chi connectivity index (χ3v) is 4.34. The molecule has 0 saturated carbocycles. The van der Waals surface area contributed by atoms with E-state index in [1.165, 1.54) is 0 Å². The second-order valence-corrected chi connectivity index (χ2v) is 6.58. The van der Waals surface area contributed by atoms with Crippen LogP contribution < -0.4 is 21.1 Å². The Balaban J connectivity index is 1.75. The lowest BCUT2D eigenvalue weighted by atomic mass is 10.0. The summed E-state index contributed by atoms with van der Waals surface area (Å²) in [6, 6.07) is 7.39. The van der Waals surface area contributed by atoms with E-state index in [0.29, 0.717) is 11.3 Å². The van der Waals surface area contributed by atoms with Crippen LogP contribution in [0.2, 0.25) is 0 Å². The molecule has 0 radical (unpaired) electrons. The quantitative estimate of drug-likeness (QED) is 0.577. The molecule has 8 heteroatoms. The predicted octanol–water partition coefficient (Wildman–Crippen LogP) is 2.90. The van der Waals surface area contributed by atoms with Crippen LogP contribution in [0.3, 0.4) is 0 Å². The minimum absolute atomic E-state index is 0.0737. The summed E-state index contributed by atoms with van der Waals surface area (Å²) in [7, 11) is 0. The van der Waals surface area contributed by atoms with Crippen molar-refractivity contribution in [3.63, 3.8) is 0 Å². The molecule has 2 aromatic heterocycles. The summed E-state index contributed by atoms with van der Waals surface area (Å²) in [6.07, 6.45) is 1.73. The van der Waals surface area contributed by atoms with Crippen molar-refractivity contribution in [3.05, 3.63) is 48.4 Å². The molecule has 0 aliphatic carbocycles. The van der Waals surface area contributed by atoms with Crippen LogP contribution in [0, 0.1) is 0 Å². The Bertz CT molecular complexity index is 1050. The van der Waals surface area contributed by atoms with E-state index in [2.05, 4.69) is 32.4 Å². The highest BCUT2D eigenvalue weighted by Gasteiger charge is 2.30. The standard InChI is InChI=1S/C18H18N6O2/c1-9-18(2,3)26-13-5-4-10(8-12(13)21-9)22-14-11-6-7-20-17(11)24-23-15(14)16(19)25/h4-8,21H,1H2,2-3H3,(H2,19,25)(H2,20,22,24). The molecule has 0 saturated heterocycles. The van der Waals surface area contributed by atoms with Gasteiger partial charge in [-0.25, -0.2) is 0 Å². The topological polar surface area (TPSA) is 118 Å². The highest BCUT2D eigenvalue weighted by Crippen LogP contribution is 2.39. The number of anilines is 3. The lowest BCUT2D eigenvalue weighted by molar-refractivity contribution is 0.0995. The summed E-state index contributed by atoms with van der Waals surface area (Å²) in [5.41, 5.74) is 8.38. The van der Waals surface area contributed by atoms with Crippen molar-refractivity contribution in [2.45, 2.75) is 19.4 Å². The van der Waals surface area contributed by atoms with Crippen LogP contribution in [0.25, 0.3) is 11.0 Å². The van der Waals surface area contributed by atoms with Gasteiger partial charge in [-0.05, 0) is 38.1 Å². The molecule has 132 valence electrons. The number of aromatic nitrogens is 3. The van der Waals surface area contributed by atoms with Gasteiger partial charge in [0.25, 0.3) is 5.91 Å². The molecule has 0 fully saturated rings. The van der Waals surface area contributed by atoms with Gasteiger partial charge in [0, 0.05) is 17.3 Å². The molecule has 0 atom stereocenters. The Morgan fingerprint density at radius 1 is 1.31 bits per heavy atom. The van der Waals surface area contributed by atoms with E-state index >= 15 is 0 Å². The fourth-order valence-corrected chi connectivity index (χ4v) is 2.81. The molecular formula is C18H18N6O2. The zero-order valence-electron chi connectivity index (χ0n) is 14.4. The van der Waals surface area contributed by atoms with Crippen LogP contribution >= 0.6 is 0 Å². The number of benzene rings is 1. The number of primary amides is 1. The van der Waals surface area contributed by atoms with Crippen molar-refractivity contribution in [3.8, 4) is 5.75 Å². The fourth-order valence-electron chi connectivity index (χ4n) is 2.81. The highest BCUT2D eigenvalue weighted by atomic mass is 16.5. The first kappa shape index (κ1) is 15.9. The van der Waals surface area contributed by atoms with Gasteiger partial charge < -0.3 is 26.1 Å². The number of hydrogen-bond donors (Lipinski definition) is 4. The van der Waals surface area contributed by atoms with E-state index in [1.807, 2.05) is 38.1 Å². The normalized spacial score (nSPS) is 15.1. The molecule has 5 N–H and O–H groups in total. The van der Waals surface area contributed by atoms with Gasteiger partial charge in [0.15, 0.2) is 11.3 Å². The SMILES string of the molecule is C=C1Nc2cc(Nc3c(C(N)=O)nnc4[nH]ccc34)ccc2OC1(C)C. The first-order chi connectivity index (χ1) is 12.3. The number of H-pyrrole nitrogens is 1. The largest absolute Gasteiger partial charge is 0.479 e. The molecule has 1 aliphatic heterocycles. The Labute approximate surface area is 149 Å². The fraction of sp³-hybridized carbons (Fsp3) is 0.167. The predicted molar refractivity (Wildman–Crippen MR) is 99.6 cm³/mol. The van der Waals surface area contributed by atoms with E-state index in [0.717, 1.165) is 28.2 Å². The van der Waals surface area contributed by atoms with E-state index in [9.17, 15) is 4.79 Å². The molecule has 4 rings (SSSR count). The number of carbonyl (C=O) groups is 1. The lowest BCUT2D eigenvalue weighted by Crippen LogP contribution is -2.37. The minimum atomic E-state index is -0.655. The third kappa shape index (κ3) is 2.52. The monoisotopic (exact) mass is 350 g/mol. The Kier molecular flexibility index (Phi) is 3.36. The van der Waals surface area contributed by atoms with Gasteiger partial charge in [0.2, 0.25) is 0 Å². The van der Waals surface area contributed by atoms with Gasteiger partial charge in [-0.3, -0.25) is 4.79 Å². The molecule has 1 aromatic carbocycles. The summed E-state index contributed by atoms with van der Waals surface area (Å²) >= 11 is 0. The molecule has 0 bridgehead atoms. The number of rotatable bonds is 3. The van der Waals surface area contributed by atoms with Crippen molar-refractivity contribution in [2.75, 3.05) is 10.6 Å². The first-order valence-corrected chi connectivity index (χ1v) is 8.05. The van der Waals surface area contributed by atoms with Gasteiger partial charge in [-0.15, -0.1) is 10.2 Å². The second-order valence-electron chi connectivity index (χ2n) is 6.58. The van der Waals surface area contributed by atoms with Gasteiger partial charge in [0.1, 0.15) is 11.4 Å². The number of aromatic amines is 1. The molecule has 0 spiro atoms. The Morgan fingerprint density at radius 3 is 2.88 bits per heavy atom. The average molecular weight is 350 g/mol. The smallest absolute Gasteiger partial charge is 0.271 e. The minimum Gasteiger partial charge on any atom is -0.479 e. The van der Waals surface area contributed by atoms with Crippen LogP contribution in [0.1, 0.15) is 24.3 Å². The third-order valence-electron chi connectivity index (χ3n) is 4.34. The maximum Gasteiger partial charge on any atom is 0.271 e. The Morgan fingerprint density at radius 2 is 2.12 bits per heavy atom. The van der Waals surface area contributed by atoms with Crippen LogP contribution in [-0.2, 0) is 0 Å². The average Bonchev–Trinajstić information content (AvgIpc) is 3.05. The van der Waals surface area contributed by atoms with Crippen molar-refractivity contribution < 1.29 is 9.53 Å². The van der Waals surface area contributed by atoms with Crippen LogP contribution in [0.15, 0.2) is 42.7 Å². The van der Waals surface area contributed by atoms with Gasteiger partial charge in [-0.2, -0.15) is 0 Å². The second kappa shape index (κ2) is 5.48. The number of nitrogens with two attached hydrogens (primary N) is 1. The number of fused-ring (bicyclic) bond motifs is 2. The molecular weight excluding hydrogens is 332 g/mol. The number of nitrogens with one attached hydrogen (secondary N) is 3. The molecule has 1 aliphatic rings. The number of amides is 1. The van der Waals surface area contributed by atoms with Crippen molar-refractivity contribution in [1.82, 2.24) is 15.2 Å². The molecule has 0 unspecified atom stereocenters. The zero-order valence-corrected chi connectivity index (χ0v) is 14.4. The van der Waals surface area contributed by atoms with Crippen LogP contribution in [0.4, 0.5) is 17.1 Å². The number of nitrogens with zero attached hydrogens (tertiary/aromatic N) is 2. The zero-order chi connectivity index (χ0) is 18.5. The first-order valence-electron chi connectivity index (χ1n) is 8.05. The number of carbonyl (C=O) groups excluding carboxylic acids is 1. The summed E-state index contributed by atoms with van der Waals surface area (Å²) in [5, 5.41) is 15.1. The maximum atomic E-state index is 11.8. The lowest BCUT2D eigenvalue weighted by Gasteiger charge is -2.35. The Hall–Kier alpha value is -3.55. The molecule has 8 nitrogen and oxygen atoms in total. The van der Waals surface area contributed by atoms with E-state index in [-0.39, 0.29) is 5.69 Å². The summed E-state index contributed by atoms with van der Waals surface area (Å²) in [6.45, 7) is 7.90. The highest BCUT2D eigenvalue weighted by molar-refractivity contribution is 6.05. The molecule has 1 amide bonds. The van der Waals surface area contributed by atoms with Gasteiger partial charge in [-0.1, -0.05) is 6.58 Å². The molecule has 26 heavy (non-hydrogen) atoms. The maximum absolute atomic E-state index is 11.8.